The van der Waals surface area contributed by atoms with Gasteiger partial charge in [0.25, 0.3) is 0 Å². The Kier molecular flexibility index (Phi) is 11.5. The van der Waals surface area contributed by atoms with E-state index < -0.39 is 0 Å². The van der Waals surface area contributed by atoms with Gasteiger partial charge in [-0.25, -0.2) is 0 Å². The number of rotatable bonds is 10. The molecule has 3 heteroatoms. The van der Waals surface area contributed by atoms with E-state index in [2.05, 4.69) is 168 Å². The second-order valence-electron chi connectivity index (χ2n) is 18.0. The van der Waals surface area contributed by atoms with Crippen molar-refractivity contribution in [3.8, 4) is 33.8 Å². The van der Waals surface area contributed by atoms with Gasteiger partial charge in [-0.1, -0.05) is 144 Å². The Morgan fingerprint density at radius 1 is 0.388 bits per heavy atom. The van der Waals surface area contributed by atoms with Crippen molar-refractivity contribution in [2.45, 2.75) is 131 Å². The van der Waals surface area contributed by atoms with Crippen molar-refractivity contribution in [1.82, 2.24) is 0 Å². The van der Waals surface area contributed by atoms with Crippen molar-refractivity contribution in [1.29, 1.82) is 0 Å². The number of hydrogen-bond donors (Lipinski definition) is 0. The normalized spacial score (nSPS) is 14.0. The van der Waals surface area contributed by atoms with Crippen molar-refractivity contribution >= 4 is 0 Å². The summed E-state index contributed by atoms with van der Waals surface area (Å²) < 4.78 is 18.5. The van der Waals surface area contributed by atoms with E-state index in [0.29, 0.717) is 13.2 Å². The standard InChI is InChI=1S/C46H62O3/c1-31(29-47-41-19-15-33(16-20-41)35-23-37(43(3,4)5)27-38(24-35)44(6,7)8)49-32(2)30-48-42-21-17-34(18-22-42)36-25-39(45(9,10)11)28-40(26-36)46(12,13)14/h15-28,31-32H,29-30H2,1-14H3. The highest BCUT2D eigenvalue weighted by Crippen LogP contribution is 2.36. The molecular weight excluding hydrogens is 601 g/mol. The maximum Gasteiger partial charge on any atom is 0.119 e. The van der Waals surface area contributed by atoms with E-state index in [4.69, 9.17) is 14.2 Å². The lowest BCUT2D eigenvalue weighted by Crippen LogP contribution is -2.27. The SMILES string of the molecule is CC(COc1ccc(-c2cc(C(C)(C)C)cc(C(C)(C)C)c2)cc1)OC(C)COc1ccc(-c2cc(C(C)(C)C)cc(C(C)(C)C)c2)cc1. The van der Waals surface area contributed by atoms with Gasteiger partial charge in [0.15, 0.2) is 0 Å². The third-order valence-corrected chi connectivity index (χ3v) is 9.14. The molecule has 0 aromatic heterocycles. The van der Waals surface area contributed by atoms with Crippen LogP contribution < -0.4 is 9.47 Å². The first-order valence-corrected chi connectivity index (χ1v) is 18.0. The molecule has 2 atom stereocenters. The molecule has 264 valence electrons. The van der Waals surface area contributed by atoms with Crippen LogP contribution in [0.2, 0.25) is 0 Å². The molecular formula is C46H62O3. The fourth-order valence-electron chi connectivity index (χ4n) is 5.71. The first-order chi connectivity index (χ1) is 22.6. The summed E-state index contributed by atoms with van der Waals surface area (Å²) >= 11 is 0. The summed E-state index contributed by atoms with van der Waals surface area (Å²) in [5.41, 5.74) is 10.6. The summed E-state index contributed by atoms with van der Waals surface area (Å²) in [6.07, 6.45) is -0.156. The van der Waals surface area contributed by atoms with Gasteiger partial charge in [0.05, 0.1) is 12.2 Å². The molecule has 0 bridgehead atoms. The molecule has 0 saturated heterocycles. The van der Waals surface area contributed by atoms with Gasteiger partial charge in [-0.3, -0.25) is 0 Å². The minimum atomic E-state index is -0.0782. The Hall–Kier alpha value is -3.56. The first-order valence-electron chi connectivity index (χ1n) is 18.0. The Labute approximate surface area is 298 Å². The minimum absolute atomic E-state index is 0.0782. The molecule has 0 N–H and O–H groups in total. The highest BCUT2D eigenvalue weighted by atomic mass is 16.6. The number of hydrogen-bond acceptors (Lipinski definition) is 3. The van der Waals surface area contributed by atoms with E-state index in [9.17, 15) is 0 Å². The molecule has 49 heavy (non-hydrogen) atoms. The number of ether oxygens (including phenoxy) is 3. The molecule has 0 fully saturated rings. The van der Waals surface area contributed by atoms with Crippen LogP contribution >= 0.6 is 0 Å². The Morgan fingerprint density at radius 3 is 0.898 bits per heavy atom. The summed E-state index contributed by atoms with van der Waals surface area (Å²) in [6, 6.07) is 30.9. The molecule has 0 radical (unpaired) electrons. The van der Waals surface area contributed by atoms with Gasteiger partial charge in [-0.15, -0.1) is 0 Å². The van der Waals surface area contributed by atoms with Crippen molar-refractivity contribution in [2.75, 3.05) is 13.2 Å². The van der Waals surface area contributed by atoms with Gasteiger partial charge in [0.1, 0.15) is 24.7 Å². The van der Waals surface area contributed by atoms with Crippen LogP contribution in [0.15, 0.2) is 84.9 Å². The zero-order valence-electron chi connectivity index (χ0n) is 32.9. The Morgan fingerprint density at radius 2 is 0.653 bits per heavy atom. The predicted octanol–water partition coefficient (Wildman–Crippen LogP) is 12.5. The van der Waals surface area contributed by atoms with E-state index in [-0.39, 0.29) is 33.9 Å². The van der Waals surface area contributed by atoms with Crippen LogP contribution in [0.25, 0.3) is 22.3 Å². The molecule has 4 aromatic carbocycles. The van der Waals surface area contributed by atoms with Gasteiger partial charge in [0, 0.05) is 0 Å². The molecule has 4 rings (SSSR count). The van der Waals surface area contributed by atoms with Gasteiger partial charge >= 0.3 is 0 Å². The number of benzene rings is 4. The molecule has 4 aromatic rings. The largest absolute Gasteiger partial charge is 0.491 e. The lowest BCUT2D eigenvalue weighted by atomic mass is 9.79. The topological polar surface area (TPSA) is 27.7 Å². The highest BCUT2D eigenvalue weighted by molar-refractivity contribution is 5.68. The summed E-state index contributed by atoms with van der Waals surface area (Å²) in [4.78, 5) is 0. The summed E-state index contributed by atoms with van der Waals surface area (Å²) in [6.45, 7) is 32.3. The van der Waals surface area contributed by atoms with E-state index >= 15 is 0 Å². The Bertz CT molecular complexity index is 1480. The lowest BCUT2D eigenvalue weighted by Gasteiger charge is -2.26. The van der Waals surface area contributed by atoms with Crippen LogP contribution in [0.3, 0.4) is 0 Å². The molecule has 0 aliphatic rings. The van der Waals surface area contributed by atoms with Crippen molar-refractivity contribution in [3.63, 3.8) is 0 Å². The molecule has 0 aliphatic carbocycles. The molecule has 0 aliphatic heterocycles. The Balaban J connectivity index is 1.31. The average Bonchev–Trinajstić information content (AvgIpc) is 3.01. The molecule has 0 heterocycles. The van der Waals surface area contributed by atoms with Crippen LogP contribution in [0.1, 0.15) is 119 Å². The van der Waals surface area contributed by atoms with Crippen LogP contribution in [0, 0.1) is 0 Å². The minimum Gasteiger partial charge on any atom is -0.491 e. The maximum absolute atomic E-state index is 6.21. The fraction of sp³-hybridized carbons (Fsp3) is 0.478. The monoisotopic (exact) mass is 662 g/mol. The third-order valence-electron chi connectivity index (χ3n) is 9.14. The van der Waals surface area contributed by atoms with E-state index in [1.54, 1.807) is 0 Å². The maximum atomic E-state index is 6.21. The second kappa shape index (κ2) is 14.7. The second-order valence-corrected chi connectivity index (χ2v) is 18.0. The van der Waals surface area contributed by atoms with Crippen LogP contribution in [-0.2, 0) is 26.4 Å². The van der Waals surface area contributed by atoms with Crippen molar-refractivity contribution in [3.05, 3.63) is 107 Å². The first kappa shape index (κ1) is 38.2. The molecule has 2 unspecified atom stereocenters. The van der Waals surface area contributed by atoms with E-state index in [1.807, 2.05) is 13.8 Å². The zero-order valence-corrected chi connectivity index (χ0v) is 32.9. The van der Waals surface area contributed by atoms with Crippen molar-refractivity contribution in [2.24, 2.45) is 0 Å². The summed E-state index contributed by atoms with van der Waals surface area (Å²) in [7, 11) is 0. The smallest absolute Gasteiger partial charge is 0.119 e. The average molecular weight is 663 g/mol. The molecule has 0 saturated carbocycles. The fourth-order valence-corrected chi connectivity index (χ4v) is 5.71. The molecule has 3 nitrogen and oxygen atoms in total. The van der Waals surface area contributed by atoms with E-state index in [1.165, 1.54) is 44.5 Å². The van der Waals surface area contributed by atoms with Gasteiger partial charge < -0.3 is 14.2 Å². The van der Waals surface area contributed by atoms with Crippen LogP contribution in [0.5, 0.6) is 11.5 Å². The van der Waals surface area contributed by atoms with Gasteiger partial charge in [0.2, 0.25) is 0 Å². The zero-order chi connectivity index (χ0) is 36.4. The lowest BCUT2D eigenvalue weighted by molar-refractivity contribution is -0.0336. The molecule has 0 amide bonds. The molecule has 0 spiro atoms. The quantitative estimate of drug-likeness (QED) is 0.169. The highest BCUT2D eigenvalue weighted by Gasteiger charge is 2.22. The van der Waals surface area contributed by atoms with Crippen LogP contribution in [-0.4, -0.2) is 25.4 Å². The predicted molar refractivity (Wildman–Crippen MR) is 210 cm³/mol. The summed E-state index contributed by atoms with van der Waals surface area (Å²) in [5, 5.41) is 0. The van der Waals surface area contributed by atoms with Crippen LogP contribution in [0.4, 0.5) is 0 Å². The third kappa shape index (κ3) is 10.7. The van der Waals surface area contributed by atoms with E-state index in [0.717, 1.165) is 11.5 Å². The van der Waals surface area contributed by atoms with Gasteiger partial charge in [-0.2, -0.15) is 0 Å². The van der Waals surface area contributed by atoms with Gasteiger partial charge in [-0.05, 0) is 104 Å². The van der Waals surface area contributed by atoms with Crippen molar-refractivity contribution < 1.29 is 14.2 Å². The summed E-state index contributed by atoms with van der Waals surface area (Å²) in [5.74, 6) is 1.68.